The van der Waals surface area contributed by atoms with Gasteiger partial charge in [-0.05, 0) is 37.3 Å². The SMILES string of the molecule is Cc1ccc(C(=O)Nc2ccc(-c3cc4ccccc4oc3=O)c(Cl)c2)cc1[N+](=O)[O-]. The van der Waals surface area contributed by atoms with Crippen LogP contribution in [0, 0.1) is 17.0 Å². The standard InChI is InChI=1S/C23H15ClN2O5/c1-13-6-7-15(11-20(13)26(29)30)22(27)25-16-8-9-17(19(24)12-16)18-10-14-4-2-3-5-21(14)31-23(18)28/h2-12H,1H3,(H,25,27). The normalized spacial score (nSPS) is 10.8. The van der Waals surface area contributed by atoms with Gasteiger partial charge in [0.15, 0.2) is 0 Å². The van der Waals surface area contributed by atoms with Crippen molar-refractivity contribution in [3.8, 4) is 11.1 Å². The van der Waals surface area contributed by atoms with Crippen molar-refractivity contribution in [2.45, 2.75) is 6.92 Å². The van der Waals surface area contributed by atoms with Gasteiger partial charge in [0, 0.05) is 33.8 Å². The largest absolute Gasteiger partial charge is 0.422 e. The number of anilines is 1. The van der Waals surface area contributed by atoms with E-state index >= 15 is 0 Å². The number of hydrogen-bond donors (Lipinski definition) is 1. The van der Waals surface area contributed by atoms with E-state index in [9.17, 15) is 19.7 Å². The first kappa shape index (κ1) is 20.3. The molecule has 3 aromatic carbocycles. The van der Waals surface area contributed by atoms with Gasteiger partial charge < -0.3 is 9.73 Å². The van der Waals surface area contributed by atoms with Crippen LogP contribution in [0.4, 0.5) is 11.4 Å². The fourth-order valence-corrected chi connectivity index (χ4v) is 3.49. The van der Waals surface area contributed by atoms with Gasteiger partial charge in [-0.2, -0.15) is 0 Å². The molecule has 0 spiro atoms. The molecule has 154 valence electrons. The third kappa shape index (κ3) is 4.04. The number of halogens is 1. The Balaban J connectivity index is 1.63. The van der Waals surface area contributed by atoms with E-state index in [1.165, 1.54) is 24.3 Å². The van der Waals surface area contributed by atoms with Crippen molar-refractivity contribution in [1.29, 1.82) is 0 Å². The molecule has 4 rings (SSSR count). The van der Waals surface area contributed by atoms with Crippen molar-refractivity contribution in [1.82, 2.24) is 0 Å². The number of rotatable bonds is 4. The fraction of sp³-hybridized carbons (Fsp3) is 0.0435. The number of benzene rings is 3. The number of carbonyl (C=O) groups excluding carboxylic acids is 1. The number of nitrogens with zero attached hydrogens (tertiary/aromatic N) is 1. The minimum absolute atomic E-state index is 0.135. The van der Waals surface area contributed by atoms with Gasteiger partial charge in [-0.25, -0.2) is 4.79 Å². The van der Waals surface area contributed by atoms with E-state index < -0.39 is 16.5 Å². The first-order chi connectivity index (χ1) is 14.8. The van der Waals surface area contributed by atoms with Crippen molar-refractivity contribution in [3.63, 3.8) is 0 Å². The Bertz CT molecular complexity index is 1410. The predicted octanol–water partition coefficient (Wildman–Crippen LogP) is 5.58. The average Bonchev–Trinajstić information content (AvgIpc) is 2.73. The van der Waals surface area contributed by atoms with Crippen molar-refractivity contribution in [3.05, 3.63) is 103 Å². The summed E-state index contributed by atoms with van der Waals surface area (Å²) in [5.41, 5.74) is 1.57. The van der Waals surface area contributed by atoms with Crippen LogP contribution in [0.1, 0.15) is 15.9 Å². The van der Waals surface area contributed by atoms with Crippen LogP contribution in [0.15, 0.2) is 75.9 Å². The maximum Gasteiger partial charge on any atom is 0.344 e. The van der Waals surface area contributed by atoms with Crippen LogP contribution in [-0.2, 0) is 0 Å². The average molecular weight is 435 g/mol. The summed E-state index contributed by atoms with van der Waals surface area (Å²) >= 11 is 6.38. The summed E-state index contributed by atoms with van der Waals surface area (Å²) in [7, 11) is 0. The molecule has 0 radical (unpaired) electrons. The van der Waals surface area contributed by atoms with Gasteiger partial charge in [0.2, 0.25) is 0 Å². The molecule has 1 N–H and O–H groups in total. The van der Waals surface area contributed by atoms with Gasteiger partial charge in [-0.1, -0.05) is 41.9 Å². The van der Waals surface area contributed by atoms with E-state index in [0.29, 0.717) is 28.0 Å². The number of para-hydroxylation sites is 1. The number of carbonyl (C=O) groups is 1. The first-order valence-electron chi connectivity index (χ1n) is 9.23. The molecule has 0 aliphatic carbocycles. The molecule has 0 aliphatic heterocycles. The van der Waals surface area contributed by atoms with Gasteiger partial charge in [0.1, 0.15) is 5.58 Å². The number of hydrogen-bond acceptors (Lipinski definition) is 5. The fourth-order valence-electron chi connectivity index (χ4n) is 3.21. The topological polar surface area (TPSA) is 102 Å². The summed E-state index contributed by atoms with van der Waals surface area (Å²) in [6.45, 7) is 1.60. The third-order valence-corrected chi connectivity index (χ3v) is 5.14. The molecular weight excluding hydrogens is 420 g/mol. The van der Waals surface area contributed by atoms with Crippen molar-refractivity contribution in [2.75, 3.05) is 5.32 Å². The molecule has 7 nitrogen and oxygen atoms in total. The van der Waals surface area contributed by atoms with Crippen LogP contribution < -0.4 is 10.9 Å². The number of fused-ring (bicyclic) bond motifs is 1. The maximum absolute atomic E-state index is 12.5. The Morgan fingerprint density at radius 1 is 1.03 bits per heavy atom. The zero-order valence-corrected chi connectivity index (χ0v) is 17.0. The highest BCUT2D eigenvalue weighted by molar-refractivity contribution is 6.33. The van der Waals surface area contributed by atoms with E-state index in [4.69, 9.17) is 16.0 Å². The Kier molecular flexibility index (Phi) is 5.27. The molecule has 31 heavy (non-hydrogen) atoms. The summed E-state index contributed by atoms with van der Waals surface area (Å²) < 4.78 is 5.36. The van der Waals surface area contributed by atoms with Gasteiger partial charge in [0.05, 0.1) is 15.5 Å². The van der Waals surface area contributed by atoms with Gasteiger partial charge in [0.25, 0.3) is 11.6 Å². The second-order valence-corrected chi connectivity index (χ2v) is 7.30. The predicted molar refractivity (Wildman–Crippen MR) is 119 cm³/mol. The molecule has 0 bridgehead atoms. The van der Waals surface area contributed by atoms with Crippen molar-refractivity contribution >= 4 is 39.9 Å². The van der Waals surface area contributed by atoms with Gasteiger partial charge in [-0.3, -0.25) is 14.9 Å². The smallest absolute Gasteiger partial charge is 0.344 e. The zero-order valence-electron chi connectivity index (χ0n) is 16.2. The van der Waals surface area contributed by atoms with E-state index in [2.05, 4.69) is 5.32 Å². The molecule has 0 saturated carbocycles. The van der Waals surface area contributed by atoms with Crippen molar-refractivity contribution in [2.24, 2.45) is 0 Å². The van der Waals surface area contributed by atoms with Crippen LogP contribution in [0.2, 0.25) is 5.02 Å². The number of nitrogens with one attached hydrogen (secondary N) is 1. The quantitative estimate of drug-likeness (QED) is 0.256. The lowest BCUT2D eigenvalue weighted by Gasteiger charge is -2.09. The van der Waals surface area contributed by atoms with Gasteiger partial charge in [-0.15, -0.1) is 0 Å². The number of amides is 1. The third-order valence-electron chi connectivity index (χ3n) is 4.83. The van der Waals surface area contributed by atoms with E-state index in [0.717, 1.165) is 5.39 Å². The zero-order chi connectivity index (χ0) is 22.1. The molecular formula is C23H15ClN2O5. The Morgan fingerprint density at radius 2 is 1.81 bits per heavy atom. The molecule has 1 heterocycles. The lowest BCUT2D eigenvalue weighted by Crippen LogP contribution is -2.12. The van der Waals surface area contributed by atoms with Crippen LogP contribution in [0.25, 0.3) is 22.1 Å². The summed E-state index contributed by atoms with van der Waals surface area (Å²) in [5, 5.41) is 14.8. The lowest BCUT2D eigenvalue weighted by atomic mass is 10.1. The minimum atomic E-state index is -0.535. The highest BCUT2D eigenvalue weighted by Crippen LogP contribution is 2.30. The first-order valence-corrected chi connectivity index (χ1v) is 9.60. The molecule has 0 aliphatic rings. The summed E-state index contributed by atoms with van der Waals surface area (Å²) in [6.07, 6.45) is 0. The summed E-state index contributed by atoms with van der Waals surface area (Å²) in [6, 6.07) is 17.8. The number of nitro benzene ring substituents is 1. The maximum atomic E-state index is 12.5. The van der Waals surface area contributed by atoms with E-state index in [1.54, 1.807) is 37.3 Å². The number of nitro groups is 1. The molecule has 0 fully saturated rings. The van der Waals surface area contributed by atoms with Crippen LogP contribution in [-0.4, -0.2) is 10.8 Å². The lowest BCUT2D eigenvalue weighted by molar-refractivity contribution is -0.385. The molecule has 1 aromatic heterocycles. The molecule has 0 atom stereocenters. The summed E-state index contributed by atoms with van der Waals surface area (Å²) in [4.78, 5) is 35.5. The molecule has 0 unspecified atom stereocenters. The Morgan fingerprint density at radius 3 is 2.55 bits per heavy atom. The molecule has 0 saturated heterocycles. The van der Waals surface area contributed by atoms with E-state index in [1.807, 2.05) is 12.1 Å². The van der Waals surface area contributed by atoms with Crippen LogP contribution in [0.5, 0.6) is 0 Å². The molecule has 4 aromatic rings. The monoisotopic (exact) mass is 434 g/mol. The second kappa shape index (κ2) is 8.04. The van der Waals surface area contributed by atoms with E-state index in [-0.39, 0.29) is 16.3 Å². The highest BCUT2D eigenvalue weighted by Gasteiger charge is 2.16. The minimum Gasteiger partial charge on any atom is -0.422 e. The number of aryl methyl sites for hydroxylation is 1. The van der Waals surface area contributed by atoms with Crippen molar-refractivity contribution < 1.29 is 14.1 Å². The van der Waals surface area contributed by atoms with Crippen LogP contribution in [0.3, 0.4) is 0 Å². The van der Waals surface area contributed by atoms with Crippen LogP contribution >= 0.6 is 11.6 Å². The van der Waals surface area contributed by atoms with Gasteiger partial charge >= 0.3 is 5.63 Å². The highest BCUT2D eigenvalue weighted by atomic mass is 35.5. The molecule has 1 amide bonds. The molecule has 8 heteroatoms. The second-order valence-electron chi connectivity index (χ2n) is 6.89. The Hall–Kier alpha value is -3.97. The Labute approximate surface area is 181 Å². The summed E-state index contributed by atoms with van der Waals surface area (Å²) in [5.74, 6) is -0.517.